The lowest BCUT2D eigenvalue weighted by Gasteiger charge is -2.12. The number of hydrogen-bond acceptors (Lipinski definition) is 2. The Balaban J connectivity index is 1.98. The molecule has 0 spiro atoms. The molecule has 106 valence electrons. The van der Waals surface area contributed by atoms with Crippen molar-refractivity contribution in [1.82, 2.24) is 9.78 Å². The predicted molar refractivity (Wildman–Crippen MR) is 80.8 cm³/mol. The summed E-state index contributed by atoms with van der Waals surface area (Å²) >= 11 is 0. The molecule has 1 aromatic carbocycles. The molecule has 0 radical (unpaired) electrons. The van der Waals surface area contributed by atoms with Crippen LogP contribution >= 0.6 is 0 Å². The molecule has 1 N–H and O–H groups in total. The fourth-order valence-electron chi connectivity index (χ4n) is 2.44. The van der Waals surface area contributed by atoms with Crippen molar-refractivity contribution >= 4 is 11.6 Å². The van der Waals surface area contributed by atoms with E-state index in [9.17, 15) is 4.79 Å². The topological polar surface area (TPSA) is 46.9 Å². The zero-order valence-electron chi connectivity index (χ0n) is 12.5. The van der Waals surface area contributed by atoms with Crippen molar-refractivity contribution in [2.45, 2.75) is 33.6 Å². The molecule has 1 heterocycles. The molecule has 0 aliphatic carbocycles. The second-order valence-corrected chi connectivity index (χ2v) is 5.34. The summed E-state index contributed by atoms with van der Waals surface area (Å²) in [7, 11) is 1.88. The SMILES string of the molecule is Cc1cc(C)c(NC(=O)CCc2cnn(C)c2)c(C)c1. The molecule has 2 rings (SSSR count). The van der Waals surface area contributed by atoms with Crippen LogP contribution in [0.4, 0.5) is 5.69 Å². The van der Waals surface area contributed by atoms with E-state index in [0.717, 1.165) is 22.4 Å². The van der Waals surface area contributed by atoms with Crippen LogP contribution in [0.25, 0.3) is 0 Å². The van der Waals surface area contributed by atoms with Crippen molar-refractivity contribution in [2.75, 3.05) is 5.32 Å². The van der Waals surface area contributed by atoms with Gasteiger partial charge in [-0.2, -0.15) is 5.10 Å². The van der Waals surface area contributed by atoms with Crippen LogP contribution in [0.5, 0.6) is 0 Å². The maximum Gasteiger partial charge on any atom is 0.224 e. The Kier molecular flexibility index (Phi) is 4.23. The van der Waals surface area contributed by atoms with Crippen LogP contribution in [0.15, 0.2) is 24.5 Å². The number of carbonyl (C=O) groups excluding carboxylic acids is 1. The molecule has 1 amide bonds. The van der Waals surface area contributed by atoms with Gasteiger partial charge in [0.1, 0.15) is 0 Å². The lowest BCUT2D eigenvalue weighted by atomic mass is 10.0. The highest BCUT2D eigenvalue weighted by atomic mass is 16.1. The van der Waals surface area contributed by atoms with Gasteiger partial charge in [0.05, 0.1) is 6.20 Å². The van der Waals surface area contributed by atoms with E-state index < -0.39 is 0 Å². The first kappa shape index (κ1) is 14.3. The first-order valence-electron chi connectivity index (χ1n) is 6.81. The number of aromatic nitrogens is 2. The van der Waals surface area contributed by atoms with Gasteiger partial charge in [-0.3, -0.25) is 9.48 Å². The van der Waals surface area contributed by atoms with E-state index in [1.165, 1.54) is 5.56 Å². The van der Waals surface area contributed by atoms with Crippen LogP contribution in [-0.2, 0) is 18.3 Å². The smallest absolute Gasteiger partial charge is 0.224 e. The zero-order chi connectivity index (χ0) is 14.7. The maximum absolute atomic E-state index is 12.0. The van der Waals surface area contributed by atoms with Gasteiger partial charge < -0.3 is 5.32 Å². The Hall–Kier alpha value is -2.10. The molecule has 2 aromatic rings. The minimum absolute atomic E-state index is 0.0453. The normalized spacial score (nSPS) is 10.6. The van der Waals surface area contributed by atoms with Crippen LogP contribution in [0.2, 0.25) is 0 Å². The number of nitrogens with zero attached hydrogens (tertiary/aromatic N) is 2. The molecule has 0 saturated carbocycles. The van der Waals surface area contributed by atoms with Gasteiger partial charge in [0.2, 0.25) is 5.91 Å². The predicted octanol–water partition coefficient (Wildman–Crippen LogP) is 2.92. The highest BCUT2D eigenvalue weighted by Gasteiger charge is 2.09. The molecular formula is C16H21N3O. The van der Waals surface area contributed by atoms with Crippen molar-refractivity contribution in [3.05, 3.63) is 46.8 Å². The van der Waals surface area contributed by atoms with E-state index in [1.54, 1.807) is 10.9 Å². The van der Waals surface area contributed by atoms with E-state index in [2.05, 4.69) is 29.5 Å². The second kappa shape index (κ2) is 5.90. The van der Waals surface area contributed by atoms with E-state index in [1.807, 2.05) is 27.1 Å². The standard InChI is InChI=1S/C16H21N3O/c1-11-7-12(2)16(13(3)8-11)18-15(20)6-5-14-9-17-19(4)10-14/h7-10H,5-6H2,1-4H3,(H,18,20). The lowest BCUT2D eigenvalue weighted by Crippen LogP contribution is -2.14. The molecule has 0 aliphatic heterocycles. The number of carbonyl (C=O) groups is 1. The van der Waals surface area contributed by atoms with E-state index >= 15 is 0 Å². The van der Waals surface area contributed by atoms with Gasteiger partial charge in [-0.05, 0) is 43.9 Å². The van der Waals surface area contributed by atoms with E-state index in [0.29, 0.717) is 12.8 Å². The first-order valence-corrected chi connectivity index (χ1v) is 6.81. The Morgan fingerprint density at radius 3 is 2.45 bits per heavy atom. The molecule has 4 heteroatoms. The Morgan fingerprint density at radius 1 is 1.25 bits per heavy atom. The number of anilines is 1. The van der Waals surface area contributed by atoms with Gasteiger partial charge >= 0.3 is 0 Å². The second-order valence-electron chi connectivity index (χ2n) is 5.34. The largest absolute Gasteiger partial charge is 0.326 e. The average Bonchev–Trinajstić information content (AvgIpc) is 2.77. The third kappa shape index (κ3) is 3.47. The number of hydrogen-bond donors (Lipinski definition) is 1. The number of aryl methyl sites for hydroxylation is 5. The first-order chi connectivity index (χ1) is 9.45. The van der Waals surface area contributed by atoms with Crippen LogP contribution in [0, 0.1) is 20.8 Å². The number of amides is 1. The van der Waals surface area contributed by atoms with Gasteiger partial charge in [0.25, 0.3) is 0 Å². The molecule has 20 heavy (non-hydrogen) atoms. The molecule has 0 unspecified atom stereocenters. The summed E-state index contributed by atoms with van der Waals surface area (Å²) < 4.78 is 1.75. The minimum atomic E-state index is 0.0453. The summed E-state index contributed by atoms with van der Waals surface area (Å²) in [5.74, 6) is 0.0453. The molecule has 0 saturated heterocycles. The number of benzene rings is 1. The summed E-state index contributed by atoms with van der Waals surface area (Å²) in [4.78, 5) is 12.0. The third-order valence-electron chi connectivity index (χ3n) is 3.34. The maximum atomic E-state index is 12.0. The van der Waals surface area contributed by atoms with Gasteiger partial charge in [-0.15, -0.1) is 0 Å². The fraction of sp³-hybridized carbons (Fsp3) is 0.375. The summed E-state index contributed by atoms with van der Waals surface area (Å²) in [6.45, 7) is 6.11. The molecular weight excluding hydrogens is 250 g/mol. The highest BCUT2D eigenvalue weighted by Crippen LogP contribution is 2.22. The molecule has 0 bridgehead atoms. The van der Waals surface area contributed by atoms with Crippen molar-refractivity contribution < 1.29 is 4.79 Å². The van der Waals surface area contributed by atoms with Crippen molar-refractivity contribution in [3.8, 4) is 0 Å². The molecule has 1 aromatic heterocycles. The highest BCUT2D eigenvalue weighted by molar-refractivity contribution is 5.92. The molecule has 4 nitrogen and oxygen atoms in total. The van der Waals surface area contributed by atoms with Crippen molar-refractivity contribution in [3.63, 3.8) is 0 Å². The summed E-state index contributed by atoms with van der Waals surface area (Å²) in [6.07, 6.45) is 4.92. The lowest BCUT2D eigenvalue weighted by molar-refractivity contribution is -0.116. The Labute approximate surface area is 119 Å². The third-order valence-corrected chi connectivity index (χ3v) is 3.34. The van der Waals surface area contributed by atoms with E-state index in [4.69, 9.17) is 0 Å². The van der Waals surface area contributed by atoms with Crippen LogP contribution < -0.4 is 5.32 Å². The average molecular weight is 271 g/mol. The van der Waals surface area contributed by atoms with Gasteiger partial charge in [0.15, 0.2) is 0 Å². The zero-order valence-corrected chi connectivity index (χ0v) is 12.5. The minimum Gasteiger partial charge on any atom is -0.326 e. The van der Waals surface area contributed by atoms with Gasteiger partial charge in [-0.1, -0.05) is 17.7 Å². The summed E-state index contributed by atoms with van der Waals surface area (Å²) in [5.41, 5.74) is 5.45. The molecule has 0 aliphatic rings. The van der Waals surface area contributed by atoms with Crippen LogP contribution in [0.3, 0.4) is 0 Å². The monoisotopic (exact) mass is 271 g/mol. The van der Waals surface area contributed by atoms with Crippen molar-refractivity contribution in [1.29, 1.82) is 0 Å². The van der Waals surface area contributed by atoms with Gasteiger partial charge in [0, 0.05) is 25.4 Å². The Morgan fingerprint density at radius 2 is 1.90 bits per heavy atom. The fourth-order valence-corrected chi connectivity index (χ4v) is 2.44. The molecule has 0 fully saturated rings. The number of nitrogens with one attached hydrogen (secondary N) is 1. The van der Waals surface area contributed by atoms with Crippen LogP contribution in [0.1, 0.15) is 28.7 Å². The van der Waals surface area contributed by atoms with Gasteiger partial charge in [-0.25, -0.2) is 0 Å². The molecule has 0 atom stereocenters. The van der Waals surface area contributed by atoms with E-state index in [-0.39, 0.29) is 5.91 Å². The summed E-state index contributed by atoms with van der Waals surface area (Å²) in [6, 6.07) is 4.17. The van der Waals surface area contributed by atoms with Crippen molar-refractivity contribution in [2.24, 2.45) is 7.05 Å². The van der Waals surface area contributed by atoms with Crippen LogP contribution in [-0.4, -0.2) is 15.7 Å². The summed E-state index contributed by atoms with van der Waals surface area (Å²) in [5, 5.41) is 7.12. The quantitative estimate of drug-likeness (QED) is 0.929. The number of rotatable bonds is 4. The Bertz CT molecular complexity index is 605.